The van der Waals surface area contributed by atoms with E-state index in [4.69, 9.17) is 11.6 Å². The van der Waals surface area contributed by atoms with Crippen LogP contribution in [0.25, 0.3) is 0 Å². The van der Waals surface area contributed by atoms with Crippen LogP contribution in [0.4, 0.5) is 5.82 Å². The molecule has 1 aromatic carbocycles. The van der Waals surface area contributed by atoms with Gasteiger partial charge in [0.25, 0.3) is 0 Å². The van der Waals surface area contributed by atoms with Gasteiger partial charge in [0.05, 0.1) is 6.54 Å². The number of pyridine rings is 1. The van der Waals surface area contributed by atoms with Crippen molar-refractivity contribution in [1.82, 2.24) is 14.2 Å². The average Bonchev–Trinajstić information content (AvgIpc) is 2.77. The zero-order valence-corrected chi connectivity index (χ0v) is 18.3. The van der Waals surface area contributed by atoms with Crippen molar-refractivity contribution < 1.29 is 13.2 Å². The van der Waals surface area contributed by atoms with E-state index in [9.17, 15) is 13.2 Å². The molecule has 30 heavy (non-hydrogen) atoms. The van der Waals surface area contributed by atoms with E-state index in [0.717, 1.165) is 24.8 Å². The van der Waals surface area contributed by atoms with Crippen LogP contribution in [0.2, 0.25) is 5.02 Å². The van der Waals surface area contributed by atoms with Crippen molar-refractivity contribution in [3.63, 3.8) is 0 Å². The van der Waals surface area contributed by atoms with E-state index < -0.39 is 10.0 Å². The van der Waals surface area contributed by atoms with Crippen molar-refractivity contribution in [2.24, 2.45) is 0 Å². The van der Waals surface area contributed by atoms with Gasteiger partial charge in [-0.25, -0.2) is 13.4 Å². The summed E-state index contributed by atoms with van der Waals surface area (Å²) in [6.07, 6.45) is 4.37. The molecule has 2 saturated heterocycles. The van der Waals surface area contributed by atoms with Gasteiger partial charge in [0.15, 0.2) is 0 Å². The first kappa shape index (κ1) is 21.1. The van der Waals surface area contributed by atoms with E-state index in [1.165, 1.54) is 4.31 Å². The molecule has 2 aliphatic heterocycles. The topological polar surface area (TPSA) is 73.8 Å². The van der Waals surface area contributed by atoms with Gasteiger partial charge in [-0.3, -0.25) is 4.79 Å². The van der Waals surface area contributed by atoms with Gasteiger partial charge >= 0.3 is 0 Å². The normalized spacial score (nSPS) is 18.6. The third-order valence-electron chi connectivity index (χ3n) is 5.59. The van der Waals surface area contributed by atoms with Crippen molar-refractivity contribution in [1.29, 1.82) is 0 Å². The summed E-state index contributed by atoms with van der Waals surface area (Å²) in [7, 11) is -3.63. The number of carbonyl (C=O) groups excluding carboxylic acids is 1. The highest BCUT2D eigenvalue weighted by atomic mass is 35.5. The van der Waals surface area contributed by atoms with Crippen LogP contribution in [-0.2, 0) is 21.4 Å². The molecule has 1 amide bonds. The van der Waals surface area contributed by atoms with E-state index in [0.29, 0.717) is 43.6 Å². The number of amides is 1. The molecule has 3 heterocycles. The average molecular weight is 449 g/mol. The molecule has 0 atom stereocenters. The maximum atomic E-state index is 13.2. The van der Waals surface area contributed by atoms with Gasteiger partial charge in [0.2, 0.25) is 15.9 Å². The smallest absolute Gasteiger partial charge is 0.246 e. The molecule has 7 nitrogen and oxygen atoms in total. The molecule has 0 N–H and O–H groups in total. The third kappa shape index (κ3) is 4.45. The predicted molar refractivity (Wildman–Crippen MR) is 116 cm³/mol. The lowest BCUT2D eigenvalue weighted by atomic mass is 10.2. The molecule has 0 spiro atoms. The van der Waals surface area contributed by atoms with Crippen LogP contribution in [0.1, 0.15) is 24.8 Å². The number of aromatic nitrogens is 1. The van der Waals surface area contributed by atoms with Crippen LogP contribution in [0.3, 0.4) is 0 Å². The lowest BCUT2D eigenvalue weighted by Crippen LogP contribution is -2.50. The Morgan fingerprint density at radius 1 is 0.967 bits per heavy atom. The Kier molecular flexibility index (Phi) is 6.26. The number of halogens is 1. The minimum atomic E-state index is -3.63. The summed E-state index contributed by atoms with van der Waals surface area (Å²) in [6, 6.07) is 10.7. The van der Waals surface area contributed by atoms with Crippen LogP contribution >= 0.6 is 11.6 Å². The van der Waals surface area contributed by atoms with Gasteiger partial charge in [-0.15, -0.1) is 0 Å². The van der Waals surface area contributed by atoms with Crippen LogP contribution in [0, 0.1) is 0 Å². The summed E-state index contributed by atoms with van der Waals surface area (Å²) in [5.74, 6) is 0.311. The van der Waals surface area contributed by atoms with Gasteiger partial charge < -0.3 is 9.80 Å². The van der Waals surface area contributed by atoms with Crippen LogP contribution in [0.15, 0.2) is 47.5 Å². The lowest BCUT2D eigenvalue weighted by Gasteiger charge is -2.36. The summed E-state index contributed by atoms with van der Waals surface area (Å²) < 4.78 is 28.0. The number of anilines is 1. The third-order valence-corrected chi connectivity index (χ3v) is 7.76. The summed E-state index contributed by atoms with van der Waals surface area (Å²) in [5, 5.41) is 0.660. The van der Waals surface area contributed by atoms with E-state index in [2.05, 4.69) is 4.98 Å². The monoisotopic (exact) mass is 448 g/mol. The Morgan fingerprint density at radius 3 is 2.40 bits per heavy atom. The Labute approximate surface area is 182 Å². The summed E-state index contributed by atoms with van der Waals surface area (Å²) in [6.45, 7) is 2.70. The van der Waals surface area contributed by atoms with Gasteiger partial charge in [-0.05, 0) is 42.7 Å². The Bertz CT molecular complexity index is 1010. The first-order valence-corrected chi connectivity index (χ1v) is 12.0. The number of piperazine rings is 1. The standard InChI is InChI=1S/C21H25ClN4O3S/c22-18-8-6-17(7-9-18)15-24-13-14-25(16-20(24)27)21-19(5-4-10-23-21)30(28,29)26-11-2-1-3-12-26/h4-10H,1-3,11-16H2. The van der Waals surface area contributed by atoms with E-state index >= 15 is 0 Å². The van der Waals surface area contributed by atoms with Crippen molar-refractivity contribution in [3.05, 3.63) is 53.2 Å². The summed E-state index contributed by atoms with van der Waals surface area (Å²) in [4.78, 5) is 20.9. The molecule has 2 aromatic rings. The highest BCUT2D eigenvalue weighted by molar-refractivity contribution is 7.89. The Hall–Kier alpha value is -2.16. The second kappa shape index (κ2) is 8.91. The number of nitrogens with zero attached hydrogens (tertiary/aromatic N) is 4. The largest absolute Gasteiger partial charge is 0.344 e. The lowest BCUT2D eigenvalue weighted by molar-refractivity contribution is -0.131. The highest BCUT2D eigenvalue weighted by Gasteiger charge is 2.33. The van der Waals surface area contributed by atoms with Crippen molar-refractivity contribution in [3.8, 4) is 0 Å². The molecular weight excluding hydrogens is 424 g/mol. The fraction of sp³-hybridized carbons (Fsp3) is 0.429. The Balaban J connectivity index is 1.51. The zero-order valence-electron chi connectivity index (χ0n) is 16.7. The fourth-order valence-electron chi connectivity index (χ4n) is 3.93. The minimum absolute atomic E-state index is 0.0526. The van der Waals surface area contributed by atoms with Gasteiger partial charge in [-0.2, -0.15) is 4.31 Å². The van der Waals surface area contributed by atoms with Crippen molar-refractivity contribution in [2.45, 2.75) is 30.7 Å². The number of hydrogen-bond acceptors (Lipinski definition) is 5. The molecule has 0 radical (unpaired) electrons. The second-order valence-corrected chi connectivity index (χ2v) is 10.00. The molecule has 2 fully saturated rings. The summed E-state index contributed by atoms with van der Waals surface area (Å²) in [5.41, 5.74) is 1.01. The van der Waals surface area contributed by atoms with E-state index in [-0.39, 0.29) is 17.3 Å². The van der Waals surface area contributed by atoms with Crippen molar-refractivity contribution >= 4 is 33.3 Å². The SMILES string of the molecule is O=C1CN(c2ncccc2S(=O)(=O)N2CCCCC2)CCN1Cc1ccc(Cl)cc1. The molecule has 1 aromatic heterocycles. The Morgan fingerprint density at radius 2 is 1.70 bits per heavy atom. The maximum Gasteiger partial charge on any atom is 0.246 e. The number of sulfonamides is 1. The van der Waals surface area contributed by atoms with Crippen LogP contribution in [-0.4, -0.2) is 61.2 Å². The van der Waals surface area contributed by atoms with Gasteiger partial charge in [0, 0.05) is 43.9 Å². The first-order chi connectivity index (χ1) is 14.4. The van der Waals surface area contributed by atoms with Crippen molar-refractivity contribution in [2.75, 3.05) is 37.6 Å². The van der Waals surface area contributed by atoms with Crippen LogP contribution in [0.5, 0.6) is 0 Å². The first-order valence-electron chi connectivity index (χ1n) is 10.2. The quantitative estimate of drug-likeness (QED) is 0.703. The number of hydrogen-bond donors (Lipinski definition) is 0. The predicted octanol–water partition coefficient (Wildman–Crippen LogP) is 2.76. The highest BCUT2D eigenvalue weighted by Crippen LogP contribution is 2.28. The number of rotatable bonds is 5. The van der Waals surface area contributed by atoms with Gasteiger partial charge in [0.1, 0.15) is 10.7 Å². The fourth-order valence-corrected chi connectivity index (χ4v) is 5.74. The zero-order chi connectivity index (χ0) is 21.1. The number of piperidine rings is 1. The maximum absolute atomic E-state index is 13.2. The molecule has 2 aliphatic rings. The van der Waals surface area contributed by atoms with E-state index in [1.54, 1.807) is 28.1 Å². The molecular formula is C21H25ClN4O3S. The molecule has 9 heteroatoms. The number of benzene rings is 1. The van der Waals surface area contributed by atoms with Gasteiger partial charge in [-0.1, -0.05) is 30.2 Å². The molecule has 0 unspecified atom stereocenters. The molecule has 160 valence electrons. The van der Waals surface area contributed by atoms with Crippen LogP contribution < -0.4 is 4.90 Å². The summed E-state index contributed by atoms with van der Waals surface area (Å²) >= 11 is 5.93. The molecule has 0 aliphatic carbocycles. The number of carbonyl (C=O) groups is 1. The second-order valence-electron chi connectivity index (χ2n) is 7.65. The molecule has 4 rings (SSSR count). The molecule has 0 saturated carbocycles. The minimum Gasteiger partial charge on any atom is -0.344 e. The van der Waals surface area contributed by atoms with E-state index in [1.807, 2.05) is 24.3 Å². The molecule has 0 bridgehead atoms.